The van der Waals surface area contributed by atoms with Crippen LogP contribution < -0.4 is 16.4 Å². The number of anilines is 1. The molecule has 4 unspecified atom stereocenters. The number of hydrogen-bond donors (Lipinski definition) is 4. The summed E-state index contributed by atoms with van der Waals surface area (Å²) in [5.74, 6) is -0.0317. The number of nitrogens with one attached hydrogen (secondary N) is 2. The molecule has 0 radical (unpaired) electrons. The number of aliphatic hydroxyl groups is 2. The molecule has 1 saturated heterocycles. The molecule has 2 aromatic rings. The first-order valence-electron chi connectivity index (χ1n) is 7.80. The van der Waals surface area contributed by atoms with Crippen LogP contribution in [0.3, 0.4) is 0 Å². The summed E-state index contributed by atoms with van der Waals surface area (Å²) in [5.41, 5.74) is 3.61. The molecule has 0 spiro atoms. The zero-order chi connectivity index (χ0) is 18.4. The van der Waals surface area contributed by atoms with E-state index in [9.17, 15) is 20.3 Å². The number of aliphatic hydroxyl groups excluding tert-OH is 2. The zero-order valence-electron chi connectivity index (χ0n) is 13.8. The largest absolute Gasteiger partial charge is 0.387 e. The van der Waals surface area contributed by atoms with E-state index in [4.69, 9.17) is 15.2 Å². The van der Waals surface area contributed by atoms with E-state index < -0.39 is 29.5 Å². The van der Waals surface area contributed by atoms with Gasteiger partial charge in [-0.3, -0.25) is 5.73 Å². The maximum absolute atomic E-state index is 12.0. The van der Waals surface area contributed by atoms with E-state index in [0.717, 1.165) is 0 Å². The molecular formula is C15H20N5O5+. The third-order valence-electron chi connectivity index (χ3n) is 4.19. The minimum Gasteiger partial charge on any atom is -0.387 e. The molecule has 134 valence electrons. The van der Waals surface area contributed by atoms with Gasteiger partial charge in [0.25, 0.3) is 0 Å². The molecule has 10 nitrogen and oxygen atoms in total. The standard InChI is InChI=1S/C15H19N5O5/c1-7(2)24-5-9-11(21)12(22)15(6-16,25-9)10-4-3-8-13(23)18-14(17)19-20(8)10/h3-4,7,9,11-12,21-22H,5H2,1-2H3,(H3,17,18,19,23)/p+1. The molecule has 0 aromatic carbocycles. The molecule has 4 atom stereocenters. The Morgan fingerprint density at radius 3 is 2.92 bits per heavy atom. The fourth-order valence-electron chi connectivity index (χ4n) is 2.96. The van der Waals surface area contributed by atoms with E-state index in [2.05, 4.69) is 10.1 Å². The summed E-state index contributed by atoms with van der Waals surface area (Å²) in [6, 6.07) is 4.85. The Hall–Kier alpha value is -2.45. The Labute approximate surface area is 142 Å². The van der Waals surface area contributed by atoms with Gasteiger partial charge in [-0.1, -0.05) is 0 Å². The summed E-state index contributed by atoms with van der Waals surface area (Å²) in [5, 5.41) is 33.3. The van der Waals surface area contributed by atoms with Crippen molar-refractivity contribution in [1.82, 2.24) is 9.50 Å². The molecule has 0 saturated carbocycles. The average Bonchev–Trinajstić information content (AvgIpc) is 3.08. The van der Waals surface area contributed by atoms with Crippen molar-refractivity contribution in [2.45, 2.75) is 43.9 Å². The highest BCUT2D eigenvalue weighted by Gasteiger charge is 2.57. The molecule has 10 heteroatoms. The van der Waals surface area contributed by atoms with Crippen molar-refractivity contribution in [3.8, 4) is 6.07 Å². The highest BCUT2D eigenvalue weighted by atomic mass is 16.6. The van der Waals surface area contributed by atoms with Gasteiger partial charge in [0.2, 0.25) is 5.60 Å². The predicted octanol–water partition coefficient (Wildman–Crippen LogP) is -1.71. The molecule has 3 rings (SSSR count). The van der Waals surface area contributed by atoms with Crippen molar-refractivity contribution < 1.29 is 24.8 Å². The second kappa shape index (κ2) is 6.12. The molecule has 6 N–H and O–H groups in total. The third kappa shape index (κ3) is 2.67. The lowest BCUT2D eigenvalue weighted by molar-refractivity contribution is -0.460. The third-order valence-corrected chi connectivity index (χ3v) is 4.19. The molecule has 0 amide bonds. The second-order valence-electron chi connectivity index (χ2n) is 6.24. The fourth-order valence-corrected chi connectivity index (χ4v) is 2.96. The van der Waals surface area contributed by atoms with Gasteiger partial charge in [-0.05, 0) is 26.0 Å². The number of aromatic amines is 2. The van der Waals surface area contributed by atoms with Crippen LogP contribution in [0.15, 0.2) is 16.9 Å². The van der Waals surface area contributed by atoms with Crippen LogP contribution in [-0.2, 0) is 15.1 Å². The number of nitrogens with zero attached hydrogens (tertiary/aromatic N) is 2. The first-order chi connectivity index (χ1) is 11.8. The monoisotopic (exact) mass is 350 g/mol. The Morgan fingerprint density at radius 1 is 1.56 bits per heavy atom. The summed E-state index contributed by atoms with van der Waals surface area (Å²) in [6.07, 6.45) is -3.87. The van der Waals surface area contributed by atoms with Crippen LogP contribution in [0.4, 0.5) is 5.95 Å². The lowest BCUT2D eigenvalue weighted by Crippen LogP contribution is -2.43. The number of H-pyrrole nitrogens is 2. The quantitative estimate of drug-likeness (QED) is 0.510. The van der Waals surface area contributed by atoms with Crippen molar-refractivity contribution in [1.29, 1.82) is 5.26 Å². The van der Waals surface area contributed by atoms with Gasteiger partial charge in [0.1, 0.15) is 30.1 Å². The van der Waals surface area contributed by atoms with Crippen LogP contribution >= 0.6 is 0 Å². The molecule has 1 fully saturated rings. The number of nitriles is 1. The smallest absolute Gasteiger partial charge is 0.371 e. The van der Waals surface area contributed by atoms with E-state index in [-0.39, 0.29) is 29.9 Å². The van der Waals surface area contributed by atoms with Crippen LogP contribution in [0.2, 0.25) is 0 Å². The summed E-state index contributed by atoms with van der Waals surface area (Å²) in [4.78, 5) is 14.4. The highest BCUT2D eigenvalue weighted by Crippen LogP contribution is 2.39. The van der Waals surface area contributed by atoms with Gasteiger partial charge in [-0.2, -0.15) is 14.9 Å². The molecule has 25 heavy (non-hydrogen) atoms. The van der Waals surface area contributed by atoms with Gasteiger partial charge in [-0.15, -0.1) is 0 Å². The van der Waals surface area contributed by atoms with Gasteiger partial charge in [0.15, 0.2) is 5.52 Å². The number of fused-ring (bicyclic) bond motifs is 1. The number of hydrogen-bond acceptors (Lipinski definition) is 7. The zero-order valence-corrected chi connectivity index (χ0v) is 13.8. The van der Waals surface area contributed by atoms with Crippen molar-refractivity contribution in [3.05, 3.63) is 28.2 Å². The van der Waals surface area contributed by atoms with E-state index >= 15 is 0 Å². The Morgan fingerprint density at radius 2 is 2.28 bits per heavy atom. The van der Waals surface area contributed by atoms with Gasteiger partial charge in [0, 0.05) is 0 Å². The number of aromatic nitrogens is 3. The molecule has 2 aromatic heterocycles. The molecule has 1 aliphatic heterocycles. The number of nitrogens with two attached hydrogens (primary N) is 1. The number of nitrogen functional groups attached to an aromatic ring is 1. The minimum atomic E-state index is -1.88. The topological polar surface area (TPSA) is 160 Å². The van der Waals surface area contributed by atoms with E-state index in [1.54, 1.807) is 0 Å². The van der Waals surface area contributed by atoms with E-state index in [1.165, 1.54) is 16.6 Å². The van der Waals surface area contributed by atoms with Crippen LogP contribution in [-0.4, -0.2) is 50.7 Å². The van der Waals surface area contributed by atoms with Crippen LogP contribution in [0.25, 0.3) is 5.52 Å². The van der Waals surface area contributed by atoms with Crippen molar-refractivity contribution in [2.24, 2.45) is 0 Å². The normalized spacial score (nSPS) is 29.4. The minimum absolute atomic E-state index is 0.00900. The van der Waals surface area contributed by atoms with Gasteiger partial charge in [0.05, 0.1) is 12.7 Å². The van der Waals surface area contributed by atoms with Gasteiger partial charge >= 0.3 is 11.5 Å². The van der Waals surface area contributed by atoms with Crippen LogP contribution in [0, 0.1) is 11.3 Å². The summed E-state index contributed by atoms with van der Waals surface area (Å²) in [7, 11) is 0. The maximum atomic E-state index is 12.0. The highest BCUT2D eigenvalue weighted by molar-refractivity contribution is 5.49. The molecule has 0 bridgehead atoms. The van der Waals surface area contributed by atoms with Crippen LogP contribution in [0.5, 0.6) is 0 Å². The van der Waals surface area contributed by atoms with Gasteiger partial charge < -0.3 is 19.7 Å². The molecule has 3 heterocycles. The number of rotatable bonds is 4. The Balaban J connectivity index is 2.08. The van der Waals surface area contributed by atoms with Gasteiger partial charge in [-0.25, -0.2) is 9.78 Å². The first-order valence-corrected chi connectivity index (χ1v) is 7.80. The second-order valence-corrected chi connectivity index (χ2v) is 6.24. The first kappa shape index (κ1) is 17.4. The summed E-state index contributed by atoms with van der Waals surface area (Å²) >= 11 is 0. The Kier molecular flexibility index (Phi) is 4.26. The lowest BCUT2D eigenvalue weighted by Gasteiger charge is -2.23. The van der Waals surface area contributed by atoms with Crippen LogP contribution in [0.1, 0.15) is 19.5 Å². The summed E-state index contributed by atoms with van der Waals surface area (Å²) < 4.78 is 12.4. The van der Waals surface area contributed by atoms with E-state index in [1.807, 2.05) is 19.9 Å². The molecule has 1 aliphatic rings. The predicted molar refractivity (Wildman–Crippen MR) is 84.3 cm³/mol. The molecule has 0 aliphatic carbocycles. The fraction of sp³-hybridized carbons (Fsp3) is 0.533. The lowest BCUT2D eigenvalue weighted by atomic mass is 9.92. The maximum Gasteiger partial charge on any atom is 0.371 e. The van der Waals surface area contributed by atoms with Crippen molar-refractivity contribution in [3.63, 3.8) is 0 Å². The SMILES string of the molecule is CC(C)OCC1OC(C#N)(c2ccc3c(=O)[nH]c(N)[nH+]n23)C(O)C1O. The van der Waals surface area contributed by atoms with Crippen molar-refractivity contribution in [2.75, 3.05) is 12.3 Å². The summed E-state index contributed by atoms with van der Waals surface area (Å²) in [6.45, 7) is 3.65. The molecular weight excluding hydrogens is 330 g/mol. The van der Waals surface area contributed by atoms with Crippen molar-refractivity contribution >= 4 is 11.5 Å². The van der Waals surface area contributed by atoms with E-state index in [0.29, 0.717) is 0 Å². The number of ether oxygens (including phenoxy) is 2. The average molecular weight is 350 g/mol. The Bertz CT molecular complexity index is 885.